The fraction of sp³-hybridized carbons (Fsp3) is 0. The Kier molecular flexibility index (Phi) is 2.26. The molecule has 0 aromatic heterocycles. The van der Waals surface area contributed by atoms with Gasteiger partial charge in [0.1, 0.15) is 0 Å². The van der Waals surface area contributed by atoms with Gasteiger partial charge in [-0.25, -0.2) is 0 Å². The van der Waals surface area contributed by atoms with E-state index in [1.54, 1.807) is 0 Å². The van der Waals surface area contributed by atoms with Crippen molar-refractivity contribution in [1.29, 1.82) is 0 Å². The second kappa shape index (κ2) is 3.91. The van der Waals surface area contributed by atoms with Crippen LogP contribution in [0.5, 0.6) is 0 Å². The summed E-state index contributed by atoms with van der Waals surface area (Å²) in [6.07, 6.45) is 1.47. The monoisotopic (exact) mass is 221 g/mol. The molecule has 0 saturated heterocycles. The van der Waals surface area contributed by atoms with Gasteiger partial charge in [-0.15, -0.1) is 0 Å². The maximum atomic E-state index is 8.66. The molecule has 0 amide bonds. The third kappa shape index (κ3) is 1.64. The van der Waals surface area contributed by atoms with Gasteiger partial charge >= 0.3 is 0 Å². The first-order chi connectivity index (χ1) is 8.38. The van der Waals surface area contributed by atoms with Gasteiger partial charge in [0.15, 0.2) is 0 Å². The van der Waals surface area contributed by atoms with Crippen molar-refractivity contribution in [3.63, 3.8) is 0 Å². The second-order valence-electron chi connectivity index (χ2n) is 4.01. The molecule has 0 spiro atoms. The molecule has 0 saturated carbocycles. The zero-order valence-electron chi connectivity index (χ0n) is 9.17. The Morgan fingerprint density at radius 1 is 0.824 bits per heavy atom. The largest absolute Gasteiger partial charge is 0.411 e. The second-order valence-corrected chi connectivity index (χ2v) is 4.01. The van der Waals surface area contributed by atoms with Gasteiger partial charge in [0.2, 0.25) is 0 Å². The lowest BCUT2D eigenvalue weighted by atomic mass is 10.0. The van der Waals surface area contributed by atoms with Crippen LogP contribution in [0.2, 0.25) is 0 Å². The Balaban J connectivity index is 2.43. The number of hydrogen-bond acceptors (Lipinski definition) is 2. The predicted molar refractivity (Wildman–Crippen MR) is 70.8 cm³/mol. The Hall–Kier alpha value is -2.35. The first-order valence-corrected chi connectivity index (χ1v) is 5.47. The van der Waals surface area contributed by atoms with E-state index in [-0.39, 0.29) is 0 Å². The van der Waals surface area contributed by atoms with Crippen molar-refractivity contribution in [3.05, 3.63) is 60.2 Å². The van der Waals surface area contributed by atoms with Gasteiger partial charge < -0.3 is 5.21 Å². The fourth-order valence-corrected chi connectivity index (χ4v) is 2.17. The van der Waals surface area contributed by atoms with Gasteiger partial charge in [-0.1, -0.05) is 47.6 Å². The quantitative estimate of drug-likeness (QED) is 0.288. The summed E-state index contributed by atoms with van der Waals surface area (Å²) < 4.78 is 0. The van der Waals surface area contributed by atoms with Gasteiger partial charge in [-0.2, -0.15) is 0 Å². The summed E-state index contributed by atoms with van der Waals surface area (Å²) in [5.74, 6) is 0. The predicted octanol–water partition coefficient (Wildman–Crippen LogP) is 3.80. The van der Waals surface area contributed by atoms with Crippen LogP contribution in [0.3, 0.4) is 0 Å². The molecule has 0 aliphatic rings. The van der Waals surface area contributed by atoms with E-state index < -0.39 is 0 Å². The van der Waals surface area contributed by atoms with Crippen LogP contribution >= 0.6 is 0 Å². The summed E-state index contributed by atoms with van der Waals surface area (Å²) in [6, 6.07) is 18.5. The van der Waals surface area contributed by atoms with E-state index in [1.165, 1.54) is 17.0 Å². The Morgan fingerprint density at radius 2 is 1.53 bits per heavy atom. The minimum atomic E-state index is 0.927. The molecule has 0 unspecified atom stereocenters. The number of rotatable bonds is 1. The summed E-state index contributed by atoms with van der Waals surface area (Å²) >= 11 is 0. The van der Waals surface area contributed by atoms with Crippen LogP contribution in [0, 0.1) is 0 Å². The molecule has 0 heterocycles. The van der Waals surface area contributed by atoms with Gasteiger partial charge in [-0.05, 0) is 33.7 Å². The van der Waals surface area contributed by atoms with Crippen LogP contribution in [0.15, 0.2) is 59.8 Å². The van der Waals surface area contributed by atoms with Crippen molar-refractivity contribution in [2.45, 2.75) is 0 Å². The smallest absolute Gasteiger partial charge is 0.0740 e. The fourth-order valence-electron chi connectivity index (χ4n) is 2.17. The molecule has 0 fully saturated rings. The summed E-state index contributed by atoms with van der Waals surface area (Å²) in [4.78, 5) is 0. The van der Waals surface area contributed by atoms with E-state index >= 15 is 0 Å². The van der Waals surface area contributed by atoms with Crippen LogP contribution in [-0.4, -0.2) is 11.4 Å². The molecule has 3 rings (SSSR count). The Morgan fingerprint density at radius 3 is 2.29 bits per heavy atom. The maximum absolute atomic E-state index is 8.66. The Labute approximate surface area is 98.8 Å². The van der Waals surface area contributed by atoms with E-state index in [4.69, 9.17) is 5.21 Å². The lowest BCUT2D eigenvalue weighted by molar-refractivity contribution is 0.322. The number of oxime groups is 1. The number of fused-ring (bicyclic) bond motifs is 2. The van der Waals surface area contributed by atoms with Crippen LogP contribution < -0.4 is 0 Å². The van der Waals surface area contributed by atoms with E-state index in [9.17, 15) is 0 Å². The van der Waals surface area contributed by atoms with Crippen molar-refractivity contribution in [2.75, 3.05) is 0 Å². The number of nitrogens with zero attached hydrogens (tertiary/aromatic N) is 1. The first kappa shape index (κ1) is 9.85. The SMILES string of the molecule is O/N=C/c1cccc2cc3ccccc3cc12. The van der Waals surface area contributed by atoms with Crippen molar-refractivity contribution in [3.8, 4) is 0 Å². The zero-order valence-corrected chi connectivity index (χ0v) is 9.17. The molecular weight excluding hydrogens is 210 g/mol. The van der Waals surface area contributed by atoms with Gasteiger partial charge in [0.05, 0.1) is 6.21 Å². The molecule has 1 N–H and O–H groups in total. The molecule has 2 nitrogen and oxygen atoms in total. The normalized spacial score (nSPS) is 11.5. The number of benzene rings is 3. The highest BCUT2D eigenvalue weighted by Gasteiger charge is 2.01. The average Bonchev–Trinajstić information content (AvgIpc) is 2.37. The van der Waals surface area contributed by atoms with Crippen LogP contribution in [0.1, 0.15) is 5.56 Å². The molecule has 17 heavy (non-hydrogen) atoms. The molecule has 3 aromatic carbocycles. The van der Waals surface area contributed by atoms with Crippen molar-refractivity contribution >= 4 is 27.8 Å². The standard InChI is InChI=1S/C15H11NO/c17-16-10-14-7-3-6-13-8-11-4-1-2-5-12(11)9-15(13)14/h1-10,17H/b16-10+. The zero-order chi connectivity index (χ0) is 11.7. The minimum absolute atomic E-state index is 0.927. The molecule has 0 radical (unpaired) electrons. The highest BCUT2D eigenvalue weighted by atomic mass is 16.4. The molecule has 0 atom stereocenters. The van der Waals surface area contributed by atoms with Crippen LogP contribution in [-0.2, 0) is 0 Å². The molecule has 3 aromatic rings. The topological polar surface area (TPSA) is 32.6 Å². The van der Waals surface area contributed by atoms with Crippen molar-refractivity contribution in [1.82, 2.24) is 0 Å². The van der Waals surface area contributed by atoms with Gasteiger partial charge in [0, 0.05) is 5.56 Å². The summed E-state index contributed by atoms with van der Waals surface area (Å²) in [5.41, 5.74) is 0.927. The molecule has 0 bridgehead atoms. The minimum Gasteiger partial charge on any atom is -0.411 e. The lowest BCUT2D eigenvalue weighted by Gasteiger charge is -2.04. The summed E-state index contributed by atoms with van der Waals surface area (Å²) in [7, 11) is 0. The highest BCUT2D eigenvalue weighted by Crippen LogP contribution is 2.24. The van der Waals surface area contributed by atoms with Crippen molar-refractivity contribution in [2.24, 2.45) is 5.16 Å². The van der Waals surface area contributed by atoms with E-state index in [1.807, 2.05) is 24.3 Å². The summed E-state index contributed by atoms with van der Waals surface area (Å²) in [5, 5.41) is 16.4. The lowest BCUT2D eigenvalue weighted by Crippen LogP contribution is -1.84. The van der Waals surface area contributed by atoms with Crippen LogP contribution in [0.4, 0.5) is 0 Å². The maximum Gasteiger partial charge on any atom is 0.0740 e. The van der Waals surface area contributed by atoms with Crippen LogP contribution in [0.25, 0.3) is 21.5 Å². The van der Waals surface area contributed by atoms with Gasteiger partial charge in [-0.3, -0.25) is 0 Å². The number of hydrogen-bond donors (Lipinski definition) is 1. The molecule has 0 aliphatic carbocycles. The molecule has 82 valence electrons. The van der Waals surface area contributed by atoms with Gasteiger partial charge in [0.25, 0.3) is 0 Å². The van der Waals surface area contributed by atoms with E-state index in [2.05, 4.69) is 35.5 Å². The average molecular weight is 221 g/mol. The highest BCUT2D eigenvalue weighted by molar-refractivity contribution is 6.05. The summed E-state index contributed by atoms with van der Waals surface area (Å²) in [6.45, 7) is 0. The molecular formula is C15H11NO. The third-order valence-corrected chi connectivity index (χ3v) is 2.98. The Bertz CT molecular complexity index is 716. The third-order valence-electron chi connectivity index (χ3n) is 2.98. The molecule has 0 aliphatic heterocycles. The first-order valence-electron chi connectivity index (χ1n) is 5.47. The molecule has 2 heteroatoms. The van der Waals surface area contributed by atoms with E-state index in [0.717, 1.165) is 16.3 Å². The van der Waals surface area contributed by atoms with Crippen molar-refractivity contribution < 1.29 is 5.21 Å². The van der Waals surface area contributed by atoms with E-state index in [0.29, 0.717) is 0 Å².